The molecule has 0 aliphatic carbocycles. The van der Waals surface area contributed by atoms with Gasteiger partial charge in [0.25, 0.3) is 0 Å². The third-order valence-electron chi connectivity index (χ3n) is 4.93. The molecule has 1 N–H and O–H groups in total. The second kappa shape index (κ2) is 8.24. The summed E-state index contributed by atoms with van der Waals surface area (Å²) in [6.07, 6.45) is 4.90. The Morgan fingerprint density at radius 2 is 1.95 bits per heavy atom. The number of nitrogens with zero attached hydrogens (tertiary/aromatic N) is 2. The third kappa shape index (κ3) is 4.41. The monoisotopic (exact) mass is 311 g/mol. The summed E-state index contributed by atoms with van der Waals surface area (Å²) in [5, 5.41) is 3.24. The molecule has 6 nitrogen and oxygen atoms in total. The first kappa shape index (κ1) is 16.2. The van der Waals surface area contributed by atoms with Crippen molar-refractivity contribution in [1.82, 2.24) is 15.1 Å². The highest BCUT2D eigenvalue weighted by atomic mass is 16.5. The normalized spacial score (nSPS) is 28.2. The molecule has 1 amide bonds. The molecule has 0 spiro atoms. The van der Waals surface area contributed by atoms with Crippen molar-refractivity contribution in [3.8, 4) is 0 Å². The number of hydrogen-bond acceptors (Lipinski definition) is 5. The zero-order chi connectivity index (χ0) is 15.2. The van der Waals surface area contributed by atoms with Crippen LogP contribution in [0.3, 0.4) is 0 Å². The first-order chi connectivity index (χ1) is 10.8. The molecular formula is C16H29N3O3. The summed E-state index contributed by atoms with van der Waals surface area (Å²) in [5.74, 6) is 0.190. The van der Waals surface area contributed by atoms with Crippen LogP contribution in [0.1, 0.15) is 25.7 Å². The fourth-order valence-electron chi connectivity index (χ4n) is 3.54. The summed E-state index contributed by atoms with van der Waals surface area (Å²) < 4.78 is 11.4. The molecule has 3 rings (SSSR count). The fourth-order valence-corrected chi connectivity index (χ4v) is 3.54. The topological polar surface area (TPSA) is 54.0 Å². The van der Waals surface area contributed by atoms with Gasteiger partial charge in [0.2, 0.25) is 5.91 Å². The molecule has 0 radical (unpaired) electrons. The number of amides is 1. The SMILES string of the molecule is O=C(C1COCCN1)N1CCC(OCCN2CCCC2)CC1. The summed E-state index contributed by atoms with van der Waals surface area (Å²) in [5.41, 5.74) is 0. The van der Waals surface area contributed by atoms with Crippen LogP contribution in [0.2, 0.25) is 0 Å². The van der Waals surface area contributed by atoms with Crippen LogP contribution < -0.4 is 5.32 Å². The van der Waals surface area contributed by atoms with E-state index in [4.69, 9.17) is 9.47 Å². The fraction of sp³-hybridized carbons (Fsp3) is 0.938. The molecule has 3 fully saturated rings. The van der Waals surface area contributed by atoms with Crippen molar-refractivity contribution >= 4 is 5.91 Å². The molecule has 126 valence electrons. The lowest BCUT2D eigenvalue weighted by molar-refractivity contribution is -0.139. The highest BCUT2D eigenvalue weighted by Gasteiger charge is 2.29. The quantitative estimate of drug-likeness (QED) is 0.779. The number of likely N-dealkylation sites (tertiary alicyclic amines) is 2. The first-order valence-corrected chi connectivity index (χ1v) is 8.77. The van der Waals surface area contributed by atoms with Crippen molar-refractivity contribution in [1.29, 1.82) is 0 Å². The number of hydrogen-bond donors (Lipinski definition) is 1. The van der Waals surface area contributed by atoms with Crippen molar-refractivity contribution < 1.29 is 14.3 Å². The van der Waals surface area contributed by atoms with Gasteiger partial charge in [0.15, 0.2) is 0 Å². The van der Waals surface area contributed by atoms with E-state index in [0.717, 1.165) is 45.6 Å². The molecule has 0 aromatic rings. The third-order valence-corrected chi connectivity index (χ3v) is 4.93. The molecule has 1 unspecified atom stereocenters. The van der Waals surface area contributed by atoms with Crippen molar-refractivity contribution in [2.45, 2.75) is 37.8 Å². The van der Waals surface area contributed by atoms with Gasteiger partial charge in [-0.2, -0.15) is 0 Å². The number of carbonyl (C=O) groups excluding carboxylic acids is 1. The molecule has 22 heavy (non-hydrogen) atoms. The van der Waals surface area contributed by atoms with Gasteiger partial charge in [-0.05, 0) is 38.8 Å². The smallest absolute Gasteiger partial charge is 0.242 e. The van der Waals surface area contributed by atoms with E-state index in [1.165, 1.54) is 25.9 Å². The Balaban J connectivity index is 1.32. The summed E-state index contributed by atoms with van der Waals surface area (Å²) in [7, 11) is 0. The predicted molar refractivity (Wildman–Crippen MR) is 83.8 cm³/mol. The van der Waals surface area contributed by atoms with Crippen LogP contribution in [0.4, 0.5) is 0 Å². The number of nitrogens with one attached hydrogen (secondary N) is 1. The molecule has 0 saturated carbocycles. The average Bonchev–Trinajstić information content (AvgIpc) is 3.09. The van der Waals surface area contributed by atoms with Crippen molar-refractivity contribution in [2.75, 3.05) is 59.1 Å². The molecule has 0 aromatic carbocycles. The van der Waals surface area contributed by atoms with Crippen molar-refractivity contribution in [2.24, 2.45) is 0 Å². The molecule has 3 saturated heterocycles. The van der Waals surface area contributed by atoms with Crippen LogP contribution in [0.5, 0.6) is 0 Å². The number of morpholine rings is 1. The average molecular weight is 311 g/mol. The maximum absolute atomic E-state index is 12.4. The van der Waals surface area contributed by atoms with E-state index in [1.54, 1.807) is 0 Å². The summed E-state index contributed by atoms with van der Waals surface area (Å²) in [6.45, 7) is 7.95. The zero-order valence-electron chi connectivity index (χ0n) is 13.5. The molecular weight excluding hydrogens is 282 g/mol. The van der Waals surface area contributed by atoms with Crippen LogP contribution >= 0.6 is 0 Å². The lowest BCUT2D eigenvalue weighted by Crippen LogP contribution is -2.54. The van der Waals surface area contributed by atoms with Gasteiger partial charge in [-0.3, -0.25) is 4.79 Å². The van der Waals surface area contributed by atoms with Gasteiger partial charge in [-0.15, -0.1) is 0 Å². The number of carbonyl (C=O) groups is 1. The lowest BCUT2D eigenvalue weighted by Gasteiger charge is -2.35. The van der Waals surface area contributed by atoms with Crippen LogP contribution in [0, 0.1) is 0 Å². The van der Waals surface area contributed by atoms with Gasteiger partial charge < -0.3 is 24.6 Å². The van der Waals surface area contributed by atoms with E-state index in [9.17, 15) is 4.79 Å². The van der Waals surface area contributed by atoms with Gasteiger partial charge >= 0.3 is 0 Å². The summed E-state index contributed by atoms with van der Waals surface area (Å²) >= 11 is 0. The zero-order valence-corrected chi connectivity index (χ0v) is 13.5. The van der Waals surface area contributed by atoms with Crippen molar-refractivity contribution in [3.63, 3.8) is 0 Å². The largest absolute Gasteiger partial charge is 0.378 e. The Bertz CT molecular complexity index is 347. The number of piperidine rings is 1. The Hall–Kier alpha value is -0.690. The van der Waals surface area contributed by atoms with E-state index >= 15 is 0 Å². The number of rotatable bonds is 5. The molecule has 3 heterocycles. The Morgan fingerprint density at radius 1 is 1.18 bits per heavy atom. The Kier molecular flexibility index (Phi) is 6.06. The minimum Gasteiger partial charge on any atom is -0.378 e. The Labute approximate surface area is 133 Å². The predicted octanol–water partition coefficient (Wildman–Crippen LogP) is 0.0782. The standard InChI is InChI=1S/C16H29N3O3/c20-16(15-13-21-11-5-17-15)19-8-3-14(4-9-19)22-12-10-18-6-1-2-7-18/h14-15,17H,1-13H2. The summed E-state index contributed by atoms with van der Waals surface area (Å²) in [4.78, 5) is 16.8. The van der Waals surface area contributed by atoms with Gasteiger partial charge in [-0.1, -0.05) is 0 Å². The van der Waals surface area contributed by atoms with Crippen LogP contribution in [0.15, 0.2) is 0 Å². The van der Waals surface area contributed by atoms with E-state index in [2.05, 4.69) is 10.2 Å². The van der Waals surface area contributed by atoms with Gasteiger partial charge in [-0.25, -0.2) is 0 Å². The minimum atomic E-state index is -0.151. The highest BCUT2D eigenvalue weighted by molar-refractivity contribution is 5.82. The second-order valence-corrected chi connectivity index (χ2v) is 6.53. The molecule has 0 bridgehead atoms. The van der Waals surface area contributed by atoms with E-state index in [1.807, 2.05) is 4.90 Å². The minimum absolute atomic E-state index is 0.151. The van der Waals surface area contributed by atoms with Gasteiger partial charge in [0, 0.05) is 26.2 Å². The van der Waals surface area contributed by atoms with E-state index in [-0.39, 0.29) is 11.9 Å². The van der Waals surface area contributed by atoms with E-state index < -0.39 is 0 Å². The first-order valence-electron chi connectivity index (χ1n) is 8.77. The van der Waals surface area contributed by atoms with Gasteiger partial charge in [0.05, 0.1) is 25.9 Å². The van der Waals surface area contributed by atoms with Gasteiger partial charge in [0.1, 0.15) is 6.04 Å². The molecule has 6 heteroatoms. The molecule has 1 atom stereocenters. The number of ether oxygens (including phenoxy) is 2. The van der Waals surface area contributed by atoms with E-state index in [0.29, 0.717) is 19.3 Å². The maximum atomic E-state index is 12.4. The van der Waals surface area contributed by atoms with Crippen LogP contribution in [-0.4, -0.2) is 86.9 Å². The molecule has 0 aromatic heterocycles. The summed E-state index contributed by atoms with van der Waals surface area (Å²) in [6, 6.07) is -0.151. The van der Waals surface area contributed by atoms with Crippen LogP contribution in [-0.2, 0) is 14.3 Å². The Morgan fingerprint density at radius 3 is 2.64 bits per heavy atom. The highest BCUT2D eigenvalue weighted by Crippen LogP contribution is 2.15. The maximum Gasteiger partial charge on any atom is 0.242 e. The molecule has 3 aliphatic heterocycles. The second-order valence-electron chi connectivity index (χ2n) is 6.53. The lowest BCUT2D eigenvalue weighted by atomic mass is 10.1. The van der Waals surface area contributed by atoms with Crippen molar-refractivity contribution in [3.05, 3.63) is 0 Å². The van der Waals surface area contributed by atoms with Crippen LogP contribution in [0.25, 0.3) is 0 Å². The molecule has 3 aliphatic rings.